The van der Waals surface area contributed by atoms with Crippen LogP contribution in [0, 0.1) is 5.92 Å². The second kappa shape index (κ2) is 5.21. The first kappa shape index (κ1) is 12.5. The first-order valence-electron chi connectivity index (χ1n) is 6.93. The van der Waals surface area contributed by atoms with Crippen molar-refractivity contribution in [3.63, 3.8) is 0 Å². The average molecular weight is 260 g/mol. The van der Waals surface area contributed by atoms with Crippen molar-refractivity contribution >= 4 is 5.91 Å². The van der Waals surface area contributed by atoms with Gasteiger partial charge in [-0.05, 0) is 30.0 Å². The number of piperazine rings is 1. The van der Waals surface area contributed by atoms with Crippen LogP contribution in [0.15, 0.2) is 24.3 Å². The minimum absolute atomic E-state index is 0.200. The summed E-state index contributed by atoms with van der Waals surface area (Å²) in [7, 11) is 1.67. The molecule has 0 bridgehead atoms. The second-order valence-electron chi connectivity index (χ2n) is 5.30. The van der Waals surface area contributed by atoms with Gasteiger partial charge in [-0.2, -0.15) is 0 Å². The van der Waals surface area contributed by atoms with Crippen molar-refractivity contribution in [3.05, 3.63) is 29.8 Å². The zero-order chi connectivity index (χ0) is 13.2. The lowest BCUT2D eigenvalue weighted by Gasteiger charge is -2.27. The molecule has 0 unspecified atom stereocenters. The van der Waals surface area contributed by atoms with Gasteiger partial charge in [0.15, 0.2) is 0 Å². The van der Waals surface area contributed by atoms with Gasteiger partial charge in [0.2, 0.25) is 5.91 Å². The number of nitrogens with zero attached hydrogens (tertiary/aromatic N) is 1. The lowest BCUT2D eigenvalue weighted by Crippen LogP contribution is -2.47. The smallest absolute Gasteiger partial charge is 0.226 e. The highest BCUT2D eigenvalue weighted by molar-refractivity contribution is 5.83. The fraction of sp³-hybridized carbons (Fsp3) is 0.533. The Morgan fingerprint density at radius 3 is 2.58 bits per heavy atom. The molecule has 2 atom stereocenters. The van der Waals surface area contributed by atoms with Crippen molar-refractivity contribution in [2.75, 3.05) is 33.3 Å². The summed E-state index contributed by atoms with van der Waals surface area (Å²) in [5.74, 6) is 1.82. The Morgan fingerprint density at radius 1 is 1.26 bits per heavy atom. The largest absolute Gasteiger partial charge is 0.497 e. The van der Waals surface area contributed by atoms with E-state index in [2.05, 4.69) is 17.4 Å². The maximum atomic E-state index is 12.3. The van der Waals surface area contributed by atoms with Crippen LogP contribution in [-0.4, -0.2) is 44.1 Å². The van der Waals surface area contributed by atoms with Gasteiger partial charge >= 0.3 is 0 Å². The summed E-state index contributed by atoms with van der Waals surface area (Å²) in [5, 5.41) is 3.28. The van der Waals surface area contributed by atoms with Gasteiger partial charge in [0.1, 0.15) is 5.75 Å². The molecule has 1 aromatic carbocycles. The number of ether oxygens (including phenoxy) is 1. The van der Waals surface area contributed by atoms with Crippen LogP contribution in [0.1, 0.15) is 17.9 Å². The maximum absolute atomic E-state index is 12.3. The Balaban J connectivity index is 1.61. The van der Waals surface area contributed by atoms with Crippen LogP contribution < -0.4 is 10.1 Å². The number of hydrogen-bond donors (Lipinski definition) is 1. The van der Waals surface area contributed by atoms with Crippen molar-refractivity contribution in [1.82, 2.24) is 10.2 Å². The van der Waals surface area contributed by atoms with Gasteiger partial charge in [0, 0.05) is 32.1 Å². The van der Waals surface area contributed by atoms with Crippen LogP contribution in [0.25, 0.3) is 0 Å². The van der Waals surface area contributed by atoms with E-state index in [1.807, 2.05) is 17.0 Å². The van der Waals surface area contributed by atoms with Gasteiger partial charge in [-0.15, -0.1) is 0 Å². The standard InChI is InChI=1S/C15H20N2O2/c1-19-12-4-2-11(3-5-12)13-10-14(13)15(18)17-8-6-16-7-9-17/h2-5,13-14,16H,6-10H2,1H3/t13-,14-/m0/s1. The summed E-state index contributed by atoms with van der Waals surface area (Å²) in [4.78, 5) is 14.3. The van der Waals surface area contributed by atoms with Crippen LogP contribution in [0.3, 0.4) is 0 Å². The summed E-state index contributed by atoms with van der Waals surface area (Å²) in [6.45, 7) is 3.55. The Labute approximate surface area is 113 Å². The highest BCUT2D eigenvalue weighted by Crippen LogP contribution is 2.48. The second-order valence-corrected chi connectivity index (χ2v) is 5.30. The van der Waals surface area contributed by atoms with E-state index in [1.165, 1.54) is 5.56 Å². The molecule has 1 heterocycles. The molecule has 1 aliphatic heterocycles. The fourth-order valence-corrected chi connectivity index (χ4v) is 2.81. The molecule has 4 nitrogen and oxygen atoms in total. The highest BCUT2D eigenvalue weighted by atomic mass is 16.5. The first-order chi connectivity index (χ1) is 9.29. The summed E-state index contributed by atoms with van der Waals surface area (Å²) in [5.41, 5.74) is 1.26. The number of nitrogens with one attached hydrogen (secondary N) is 1. The van der Waals surface area contributed by atoms with E-state index in [-0.39, 0.29) is 5.92 Å². The predicted octanol–water partition coefficient (Wildman–Crippen LogP) is 1.23. The fourth-order valence-electron chi connectivity index (χ4n) is 2.81. The third-order valence-electron chi connectivity index (χ3n) is 4.08. The van der Waals surface area contributed by atoms with Crippen molar-refractivity contribution in [2.45, 2.75) is 12.3 Å². The maximum Gasteiger partial charge on any atom is 0.226 e. The molecule has 0 spiro atoms. The number of carbonyl (C=O) groups is 1. The molecule has 1 amide bonds. The van der Waals surface area contributed by atoms with Crippen LogP contribution >= 0.6 is 0 Å². The van der Waals surface area contributed by atoms with Gasteiger partial charge in [-0.25, -0.2) is 0 Å². The van der Waals surface area contributed by atoms with Crippen LogP contribution in [0.2, 0.25) is 0 Å². The molecule has 1 N–H and O–H groups in total. The quantitative estimate of drug-likeness (QED) is 0.889. The number of hydrogen-bond acceptors (Lipinski definition) is 3. The Kier molecular flexibility index (Phi) is 3.42. The predicted molar refractivity (Wildman–Crippen MR) is 73.3 cm³/mol. The molecular weight excluding hydrogens is 240 g/mol. The molecule has 0 aromatic heterocycles. The average Bonchev–Trinajstić information content (AvgIpc) is 3.28. The number of methoxy groups -OCH3 is 1. The highest BCUT2D eigenvalue weighted by Gasteiger charge is 2.45. The van der Waals surface area contributed by atoms with Gasteiger partial charge in [0.25, 0.3) is 0 Å². The number of benzene rings is 1. The topological polar surface area (TPSA) is 41.6 Å². The van der Waals surface area contributed by atoms with Gasteiger partial charge in [-0.1, -0.05) is 12.1 Å². The van der Waals surface area contributed by atoms with Crippen molar-refractivity contribution in [1.29, 1.82) is 0 Å². The van der Waals surface area contributed by atoms with E-state index in [0.29, 0.717) is 11.8 Å². The van der Waals surface area contributed by atoms with Gasteiger partial charge in [-0.3, -0.25) is 4.79 Å². The lowest BCUT2D eigenvalue weighted by atomic mass is 10.1. The molecule has 2 aliphatic rings. The molecule has 2 fully saturated rings. The molecule has 3 rings (SSSR count). The van der Waals surface area contributed by atoms with E-state index in [0.717, 1.165) is 38.3 Å². The molecule has 1 saturated carbocycles. The van der Waals surface area contributed by atoms with Crippen molar-refractivity contribution in [3.8, 4) is 5.75 Å². The number of rotatable bonds is 3. The van der Waals surface area contributed by atoms with Gasteiger partial charge < -0.3 is 15.0 Å². The summed E-state index contributed by atoms with van der Waals surface area (Å²) in [6.07, 6.45) is 0.995. The summed E-state index contributed by atoms with van der Waals surface area (Å²) in [6, 6.07) is 8.10. The Hall–Kier alpha value is -1.55. The van der Waals surface area contributed by atoms with E-state index in [9.17, 15) is 4.79 Å². The molecular formula is C15H20N2O2. The van der Waals surface area contributed by atoms with E-state index < -0.39 is 0 Å². The minimum atomic E-state index is 0.200. The summed E-state index contributed by atoms with van der Waals surface area (Å²) < 4.78 is 5.16. The molecule has 102 valence electrons. The molecule has 19 heavy (non-hydrogen) atoms. The molecule has 0 radical (unpaired) electrons. The minimum Gasteiger partial charge on any atom is -0.497 e. The Bertz CT molecular complexity index is 452. The third-order valence-corrected chi connectivity index (χ3v) is 4.08. The van der Waals surface area contributed by atoms with Gasteiger partial charge in [0.05, 0.1) is 7.11 Å². The number of amides is 1. The molecule has 1 saturated heterocycles. The van der Waals surface area contributed by atoms with Crippen LogP contribution in [0.5, 0.6) is 5.75 Å². The molecule has 1 aromatic rings. The van der Waals surface area contributed by atoms with Crippen LogP contribution in [-0.2, 0) is 4.79 Å². The monoisotopic (exact) mass is 260 g/mol. The zero-order valence-electron chi connectivity index (χ0n) is 11.3. The van der Waals surface area contributed by atoms with E-state index >= 15 is 0 Å². The lowest BCUT2D eigenvalue weighted by molar-refractivity contribution is -0.133. The summed E-state index contributed by atoms with van der Waals surface area (Å²) >= 11 is 0. The van der Waals surface area contributed by atoms with E-state index in [4.69, 9.17) is 4.74 Å². The number of carbonyl (C=O) groups excluding carboxylic acids is 1. The van der Waals surface area contributed by atoms with Crippen molar-refractivity contribution < 1.29 is 9.53 Å². The molecule has 4 heteroatoms. The molecule has 1 aliphatic carbocycles. The first-order valence-corrected chi connectivity index (χ1v) is 6.93. The van der Waals surface area contributed by atoms with Crippen molar-refractivity contribution in [2.24, 2.45) is 5.92 Å². The Morgan fingerprint density at radius 2 is 1.95 bits per heavy atom. The van der Waals surface area contributed by atoms with E-state index in [1.54, 1.807) is 7.11 Å². The van der Waals surface area contributed by atoms with Crippen LogP contribution in [0.4, 0.5) is 0 Å². The third kappa shape index (κ3) is 2.59. The SMILES string of the molecule is COc1ccc([C@@H]2C[C@@H]2C(=O)N2CCNCC2)cc1. The normalized spacial score (nSPS) is 26.1. The zero-order valence-corrected chi connectivity index (χ0v) is 11.3.